The summed E-state index contributed by atoms with van der Waals surface area (Å²) in [5.41, 5.74) is 3.32. The maximum atomic E-state index is 13.1. The largest absolute Gasteiger partial charge is 0.496 e. The Labute approximate surface area is 126 Å². The molecule has 1 N–H and O–H groups in total. The predicted octanol–water partition coefficient (Wildman–Crippen LogP) is 4.23. The van der Waals surface area contributed by atoms with Crippen LogP contribution in [0.25, 0.3) is 0 Å². The van der Waals surface area contributed by atoms with Crippen molar-refractivity contribution in [3.05, 3.63) is 65.0 Å². The summed E-state index contributed by atoms with van der Waals surface area (Å²) < 4.78 is 18.4. The highest BCUT2D eigenvalue weighted by atomic mass is 19.1. The van der Waals surface area contributed by atoms with Crippen molar-refractivity contribution in [3.8, 4) is 5.75 Å². The van der Waals surface area contributed by atoms with E-state index < -0.39 is 0 Å². The van der Waals surface area contributed by atoms with Gasteiger partial charge in [0.2, 0.25) is 0 Å². The van der Waals surface area contributed by atoms with E-state index in [-0.39, 0.29) is 11.9 Å². The number of hydrogen-bond donors (Lipinski definition) is 1. The van der Waals surface area contributed by atoms with Gasteiger partial charge in [-0.25, -0.2) is 4.39 Å². The monoisotopic (exact) mass is 287 g/mol. The third-order valence-corrected chi connectivity index (χ3v) is 3.55. The Bertz CT molecular complexity index is 580. The van der Waals surface area contributed by atoms with E-state index in [0.717, 1.165) is 35.4 Å². The van der Waals surface area contributed by atoms with E-state index in [1.807, 2.05) is 25.1 Å². The number of ether oxygens (including phenoxy) is 1. The fraction of sp³-hybridized carbons (Fsp3) is 0.333. The lowest BCUT2D eigenvalue weighted by atomic mass is 9.97. The molecule has 0 saturated heterocycles. The third kappa shape index (κ3) is 3.82. The topological polar surface area (TPSA) is 21.3 Å². The van der Waals surface area contributed by atoms with E-state index in [1.54, 1.807) is 7.11 Å². The first kappa shape index (κ1) is 15.5. The van der Waals surface area contributed by atoms with Crippen molar-refractivity contribution in [3.63, 3.8) is 0 Å². The third-order valence-electron chi connectivity index (χ3n) is 3.55. The number of halogens is 1. The van der Waals surface area contributed by atoms with E-state index in [4.69, 9.17) is 4.74 Å². The summed E-state index contributed by atoms with van der Waals surface area (Å²) in [4.78, 5) is 0. The molecule has 112 valence electrons. The van der Waals surface area contributed by atoms with Crippen LogP contribution >= 0.6 is 0 Å². The number of aryl methyl sites for hydroxylation is 1. The summed E-state index contributed by atoms with van der Waals surface area (Å²) in [6.45, 7) is 5.07. The van der Waals surface area contributed by atoms with E-state index in [9.17, 15) is 4.39 Å². The Morgan fingerprint density at radius 3 is 2.33 bits per heavy atom. The predicted molar refractivity (Wildman–Crippen MR) is 84.3 cm³/mol. The molecule has 2 rings (SSSR count). The van der Waals surface area contributed by atoms with Crippen LogP contribution in [-0.2, 0) is 0 Å². The number of methoxy groups -OCH3 is 1. The van der Waals surface area contributed by atoms with Gasteiger partial charge in [-0.05, 0) is 54.8 Å². The minimum absolute atomic E-state index is 0.0650. The van der Waals surface area contributed by atoms with Crippen LogP contribution < -0.4 is 10.1 Å². The molecule has 0 radical (unpaired) electrons. The molecule has 0 heterocycles. The average molecular weight is 287 g/mol. The zero-order chi connectivity index (χ0) is 15.2. The second-order valence-electron chi connectivity index (χ2n) is 5.17. The van der Waals surface area contributed by atoms with Gasteiger partial charge in [0.15, 0.2) is 0 Å². The highest BCUT2D eigenvalue weighted by Gasteiger charge is 2.14. The number of nitrogens with one attached hydrogen (secondary N) is 1. The Morgan fingerprint density at radius 1 is 1.10 bits per heavy atom. The first-order valence-electron chi connectivity index (χ1n) is 7.29. The molecule has 0 fully saturated rings. The molecular weight excluding hydrogens is 265 g/mol. The summed E-state index contributed by atoms with van der Waals surface area (Å²) in [7, 11) is 1.68. The first-order valence-corrected chi connectivity index (χ1v) is 7.29. The Balaban J connectivity index is 2.35. The van der Waals surface area contributed by atoms with Crippen LogP contribution in [0.5, 0.6) is 5.75 Å². The van der Waals surface area contributed by atoms with Crippen LogP contribution in [0, 0.1) is 12.7 Å². The summed E-state index contributed by atoms with van der Waals surface area (Å²) >= 11 is 0. The molecule has 0 aliphatic carbocycles. The van der Waals surface area contributed by atoms with Crippen molar-refractivity contribution in [1.82, 2.24) is 5.32 Å². The van der Waals surface area contributed by atoms with Crippen molar-refractivity contribution in [2.45, 2.75) is 26.3 Å². The van der Waals surface area contributed by atoms with Crippen molar-refractivity contribution >= 4 is 0 Å². The molecule has 0 saturated carbocycles. The lowest BCUT2D eigenvalue weighted by Crippen LogP contribution is -2.23. The molecule has 1 atom stereocenters. The molecule has 0 aliphatic heterocycles. The van der Waals surface area contributed by atoms with Crippen molar-refractivity contribution in [2.24, 2.45) is 0 Å². The lowest BCUT2D eigenvalue weighted by Gasteiger charge is -2.20. The zero-order valence-corrected chi connectivity index (χ0v) is 12.8. The second kappa shape index (κ2) is 7.23. The molecule has 2 aromatic rings. The van der Waals surface area contributed by atoms with Gasteiger partial charge in [0.05, 0.1) is 13.2 Å². The van der Waals surface area contributed by atoms with Crippen LogP contribution in [0.3, 0.4) is 0 Å². The first-order chi connectivity index (χ1) is 10.2. The second-order valence-corrected chi connectivity index (χ2v) is 5.17. The van der Waals surface area contributed by atoms with E-state index >= 15 is 0 Å². The van der Waals surface area contributed by atoms with Gasteiger partial charge in [0, 0.05) is 0 Å². The summed E-state index contributed by atoms with van der Waals surface area (Å²) in [5.74, 6) is 0.672. The smallest absolute Gasteiger partial charge is 0.123 e. The van der Waals surface area contributed by atoms with Gasteiger partial charge in [-0.1, -0.05) is 31.2 Å². The van der Waals surface area contributed by atoms with Gasteiger partial charge < -0.3 is 10.1 Å². The van der Waals surface area contributed by atoms with Gasteiger partial charge in [-0.15, -0.1) is 0 Å². The maximum Gasteiger partial charge on any atom is 0.123 e. The summed E-state index contributed by atoms with van der Waals surface area (Å²) in [5, 5.41) is 3.52. The van der Waals surface area contributed by atoms with E-state index in [2.05, 4.69) is 24.4 Å². The molecule has 2 nitrogen and oxygen atoms in total. The quantitative estimate of drug-likeness (QED) is 0.858. The normalized spacial score (nSPS) is 12.2. The number of benzene rings is 2. The van der Waals surface area contributed by atoms with Crippen LogP contribution in [-0.4, -0.2) is 13.7 Å². The molecule has 1 unspecified atom stereocenters. The number of hydrogen-bond acceptors (Lipinski definition) is 2. The van der Waals surface area contributed by atoms with Crippen LogP contribution in [0.15, 0.2) is 42.5 Å². The van der Waals surface area contributed by atoms with Gasteiger partial charge in [-0.3, -0.25) is 0 Å². The van der Waals surface area contributed by atoms with Crippen molar-refractivity contribution in [2.75, 3.05) is 13.7 Å². The fourth-order valence-electron chi connectivity index (χ4n) is 2.45. The summed E-state index contributed by atoms with van der Waals surface area (Å²) in [6.07, 6.45) is 1.05. The standard InChI is InChI=1S/C18H22FNO/c1-4-11-20-18(14-5-8-16(19)9-6-14)15-7-10-17(21-3)13(2)12-15/h5-10,12,18,20H,4,11H2,1-3H3. The van der Waals surface area contributed by atoms with Gasteiger partial charge >= 0.3 is 0 Å². The molecule has 0 bridgehead atoms. The molecule has 2 aromatic carbocycles. The van der Waals surface area contributed by atoms with Gasteiger partial charge in [0.25, 0.3) is 0 Å². The Morgan fingerprint density at radius 2 is 1.76 bits per heavy atom. The molecule has 21 heavy (non-hydrogen) atoms. The minimum atomic E-state index is -0.209. The van der Waals surface area contributed by atoms with Crippen LogP contribution in [0.2, 0.25) is 0 Å². The highest BCUT2D eigenvalue weighted by molar-refractivity contribution is 5.40. The molecule has 0 aliphatic rings. The van der Waals surface area contributed by atoms with E-state index in [0.29, 0.717) is 0 Å². The Kier molecular flexibility index (Phi) is 5.34. The number of rotatable bonds is 6. The molecule has 0 spiro atoms. The average Bonchev–Trinajstić information content (AvgIpc) is 2.49. The van der Waals surface area contributed by atoms with Gasteiger partial charge in [0.1, 0.15) is 11.6 Å². The Hall–Kier alpha value is -1.87. The van der Waals surface area contributed by atoms with Gasteiger partial charge in [-0.2, -0.15) is 0 Å². The van der Waals surface area contributed by atoms with Crippen molar-refractivity contribution in [1.29, 1.82) is 0 Å². The highest BCUT2D eigenvalue weighted by Crippen LogP contribution is 2.27. The zero-order valence-electron chi connectivity index (χ0n) is 12.8. The molecule has 3 heteroatoms. The van der Waals surface area contributed by atoms with Crippen LogP contribution in [0.1, 0.15) is 36.1 Å². The maximum absolute atomic E-state index is 13.1. The van der Waals surface area contributed by atoms with Crippen molar-refractivity contribution < 1.29 is 9.13 Å². The SMILES string of the molecule is CCCNC(c1ccc(F)cc1)c1ccc(OC)c(C)c1. The molecular formula is C18H22FNO. The lowest BCUT2D eigenvalue weighted by molar-refractivity contribution is 0.411. The minimum Gasteiger partial charge on any atom is -0.496 e. The fourth-order valence-corrected chi connectivity index (χ4v) is 2.45. The summed E-state index contributed by atoms with van der Waals surface area (Å²) in [6, 6.07) is 12.9. The molecule has 0 amide bonds. The van der Waals surface area contributed by atoms with Crippen LogP contribution in [0.4, 0.5) is 4.39 Å². The molecule has 0 aromatic heterocycles. The van der Waals surface area contributed by atoms with E-state index in [1.165, 1.54) is 12.1 Å².